The summed E-state index contributed by atoms with van der Waals surface area (Å²) in [6.45, 7) is -0.0296. The minimum atomic E-state index is -3.42. The van der Waals surface area contributed by atoms with Crippen LogP contribution in [-0.2, 0) is 16.6 Å². The number of pyridine rings is 2. The van der Waals surface area contributed by atoms with Gasteiger partial charge in [0.25, 0.3) is 0 Å². The Morgan fingerprint density at radius 3 is 2.72 bits per heavy atom. The maximum absolute atomic E-state index is 14.4. The molecule has 180 valence electrons. The van der Waals surface area contributed by atoms with Gasteiger partial charge in [-0.2, -0.15) is 10.2 Å². The SMILES string of the molecule is CS(=O)(=O)NCc1cc(F)cc(-c2ccnc3nc(-c4[nH]nc5ncc(-c6cn[nH]c6)cc45)[nH]c23)c1. The molecule has 0 atom stereocenters. The predicted molar refractivity (Wildman–Crippen MR) is 131 cm³/mol. The van der Waals surface area contributed by atoms with Gasteiger partial charge in [-0.1, -0.05) is 0 Å². The second kappa shape index (κ2) is 8.32. The minimum absolute atomic E-state index is 0.0296. The van der Waals surface area contributed by atoms with E-state index in [1.54, 1.807) is 36.9 Å². The third-order valence-corrected chi connectivity index (χ3v) is 6.35. The van der Waals surface area contributed by atoms with Crippen LogP contribution in [0, 0.1) is 5.82 Å². The molecule has 0 radical (unpaired) electrons. The zero-order chi connectivity index (χ0) is 24.9. The zero-order valence-corrected chi connectivity index (χ0v) is 19.6. The van der Waals surface area contributed by atoms with Crippen molar-refractivity contribution in [3.63, 3.8) is 0 Å². The molecule has 0 aliphatic rings. The molecule has 6 rings (SSSR count). The van der Waals surface area contributed by atoms with E-state index >= 15 is 0 Å². The van der Waals surface area contributed by atoms with Gasteiger partial charge in [-0.05, 0) is 41.5 Å². The van der Waals surface area contributed by atoms with Gasteiger partial charge < -0.3 is 4.98 Å². The lowest BCUT2D eigenvalue weighted by molar-refractivity contribution is 0.586. The summed E-state index contributed by atoms with van der Waals surface area (Å²) in [6.07, 6.45) is 7.84. The average Bonchev–Trinajstić information content (AvgIpc) is 3.60. The number of sulfonamides is 1. The molecule has 13 heteroatoms. The molecule has 4 N–H and O–H groups in total. The third kappa shape index (κ3) is 4.10. The van der Waals surface area contributed by atoms with E-state index in [9.17, 15) is 12.8 Å². The number of hydrogen-bond donors (Lipinski definition) is 4. The molecule has 0 unspecified atom stereocenters. The maximum atomic E-state index is 14.4. The van der Waals surface area contributed by atoms with E-state index in [0.717, 1.165) is 22.8 Å². The van der Waals surface area contributed by atoms with Crippen molar-refractivity contribution < 1.29 is 12.8 Å². The number of H-pyrrole nitrogens is 3. The lowest BCUT2D eigenvalue weighted by Crippen LogP contribution is -2.21. The highest BCUT2D eigenvalue weighted by molar-refractivity contribution is 7.88. The van der Waals surface area contributed by atoms with Crippen LogP contribution in [0.5, 0.6) is 0 Å². The van der Waals surface area contributed by atoms with Crippen molar-refractivity contribution in [2.45, 2.75) is 6.54 Å². The maximum Gasteiger partial charge on any atom is 0.209 e. The summed E-state index contributed by atoms with van der Waals surface area (Å²) in [6, 6.07) is 8.09. The molecule has 0 amide bonds. The fourth-order valence-electron chi connectivity index (χ4n) is 4.04. The molecular formula is C23H18FN9O2S. The Balaban J connectivity index is 1.44. The lowest BCUT2D eigenvalue weighted by Gasteiger charge is -2.08. The van der Waals surface area contributed by atoms with Crippen molar-refractivity contribution in [2.24, 2.45) is 0 Å². The standard InChI is InChI=1S/C23H18FN9O2S/c1-36(34,35)29-8-12-4-13(6-16(24)5-12)17-2-3-25-22-19(17)30-23(31-22)20-18-7-14(15-10-27-28-11-15)9-26-21(18)33-32-20/h2-7,9-11,29H,8H2,1H3,(H,27,28)(H,25,30,31)(H,26,32,33). The smallest absolute Gasteiger partial charge is 0.209 e. The first kappa shape index (κ1) is 22.0. The molecule has 0 saturated heterocycles. The van der Waals surface area contributed by atoms with Crippen LogP contribution < -0.4 is 4.72 Å². The largest absolute Gasteiger partial charge is 0.335 e. The lowest BCUT2D eigenvalue weighted by atomic mass is 10.0. The number of benzene rings is 1. The number of aromatic nitrogens is 8. The van der Waals surface area contributed by atoms with E-state index in [2.05, 4.69) is 45.1 Å². The first-order valence-corrected chi connectivity index (χ1v) is 12.7. The van der Waals surface area contributed by atoms with E-state index in [4.69, 9.17) is 0 Å². The van der Waals surface area contributed by atoms with Gasteiger partial charge in [0.15, 0.2) is 17.1 Å². The molecule has 6 aromatic rings. The molecule has 5 aromatic heterocycles. The Bertz CT molecular complexity index is 1840. The number of halogens is 1. The van der Waals surface area contributed by atoms with Crippen LogP contribution in [0.2, 0.25) is 0 Å². The molecule has 0 saturated carbocycles. The van der Waals surface area contributed by atoms with Crippen LogP contribution in [0.1, 0.15) is 5.56 Å². The third-order valence-electron chi connectivity index (χ3n) is 5.68. The summed E-state index contributed by atoms with van der Waals surface area (Å²) in [4.78, 5) is 16.7. The van der Waals surface area contributed by atoms with Crippen molar-refractivity contribution in [1.82, 2.24) is 45.1 Å². The normalized spacial score (nSPS) is 12.1. The quantitative estimate of drug-likeness (QED) is 0.272. The molecule has 0 fully saturated rings. The summed E-state index contributed by atoms with van der Waals surface area (Å²) in [5.74, 6) is 0.00822. The molecule has 1 aromatic carbocycles. The fraction of sp³-hybridized carbons (Fsp3) is 0.0870. The molecule has 0 bridgehead atoms. The Labute approximate surface area is 203 Å². The Kier molecular flexibility index (Phi) is 5.09. The topological polar surface area (TPSA) is 158 Å². The summed E-state index contributed by atoms with van der Waals surface area (Å²) in [5.41, 5.74) is 5.65. The van der Waals surface area contributed by atoms with Crippen molar-refractivity contribution in [3.05, 3.63) is 66.5 Å². The van der Waals surface area contributed by atoms with Gasteiger partial charge in [0.2, 0.25) is 10.0 Å². The van der Waals surface area contributed by atoms with E-state index in [-0.39, 0.29) is 6.54 Å². The van der Waals surface area contributed by atoms with Crippen LogP contribution >= 0.6 is 0 Å². The molecule has 0 spiro atoms. The van der Waals surface area contributed by atoms with Gasteiger partial charge in [0, 0.05) is 41.8 Å². The Morgan fingerprint density at radius 1 is 1.03 bits per heavy atom. The van der Waals surface area contributed by atoms with E-state index in [1.807, 2.05) is 6.07 Å². The fourth-order valence-corrected chi connectivity index (χ4v) is 4.47. The summed E-state index contributed by atoms with van der Waals surface area (Å²) < 4.78 is 39.8. The minimum Gasteiger partial charge on any atom is -0.335 e. The first-order chi connectivity index (χ1) is 17.3. The van der Waals surface area contributed by atoms with Crippen molar-refractivity contribution >= 4 is 32.2 Å². The van der Waals surface area contributed by atoms with Gasteiger partial charge in [-0.15, -0.1) is 0 Å². The van der Waals surface area contributed by atoms with Crippen LogP contribution in [-0.4, -0.2) is 55.0 Å². The predicted octanol–water partition coefficient (Wildman–Crippen LogP) is 3.14. The number of aromatic amines is 3. The second-order valence-electron chi connectivity index (χ2n) is 8.26. The average molecular weight is 504 g/mol. The van der Waals surface area contributed by atoms with Crippen LogP contribution in [0.25, 0.3) is 56.0 Å². The van der Waals surface area contributed by atoms with Crippen LogP contribution in [0.15, 0.2) is 55.1 Å². The number of hydrogen-bond acceptors (Lipinski definition) is 7. The Hall–Kier alpha value is -4.49. The number of nitrogens with one attached hydrogen (secondary N) is 4. The van der Waals surface area contributed by atoms with Crippen molar-refractivity contribution in [3.8, 4) is 33.8 Å². The molecule has 0 aliphatic carbocycles. The van der Waals surface area contributed by atoms with Crippen LogP contribution in [0.3, 0.4) is 0 Å². The van der Waals surface area contributed by atoms with Crippen molar-refractivity contribution in [2.75, 3.05) is 6.26 Å². The number of fused-ring (bicyclic) bond motifs is 2. The highest BCUT2D eigenvalue weighted by Crippen LogP contribution is 2.32. The first-order valence-electron chi connectivity index (χ1n) is 10.8. The van der Waals surface area contributed by atoms with E-state index in [1.165, 1.54) is 12.1 Å². The van der Waals surface area contributed by atoms with Gasteiger partial charge in [0.05, 0.1) is 23.4 Å². The van der Waals surface area contributed by atoms with Crippen molar-refractivity contribution in [1.29, 1.82) is 0 Å². The molecular weight excluding hydrogens is 485 g/mol. The molecule has 0 aliphatic heterocycles. The summed E-state index contributed by atoms with van der Waals surface area (Å²) in [7, 11) is -3.42. The summed E-state index contributed by atoms with van der Waals surface area (Å²) in [5, 5.41) is 14.8. The van der Waals surface area contributed by atoms with E-state index < -0.39 is 15.8 Å². The van der Waals surface area contributed by atoms with Gasteiger partial charge >= 0.3 is 0 Å². The number of nitrogens with zero attached hydrogens (tertiary/aromatic N) is 5. The van der Waals surface area contributed by atoms with Gasteiger partial charge in [0.1, 0.15) is 11.5 Å². The number of imidazole rings is 1. The molecule has 5 heterocycles. The van der Waals surface area contributed by atoms with Gasteiger partial charge in [-0.25, -0.2) is 32.5 Å². The highest BCUT2D eigenvalue weighted by Gasteiger charge is 2.17. The van der Waals surface area contributed by atoms with Gasteiger partial charge in [-0.3, -0.25) is 10.2 Å². The molecule has 36 heavy (non-hydrogen) atoms. The van der Waals surface area contributed by atoms with Crippen LogP contribution in [0.4, 0.5) is 4.39 Å². The Morgan fingerprint density at radius 2 is 1.92 bits per heavy atom. The monoisotopic (exact) mass is 503 g/mol. The zero-order valence-electron chi connectivity index (χ0n) is 18.7. The molecule has 11 nitrogen and oxygen atoms in total. The highest BCUT2D eigenvalue weighted by atomic mass is 32.2. The summed E-state index contributed by atoms with van der Waals surface area (Å²) >= 11 is 0. The van der Waals surface area contributed by atoms with E-state index in [0.29, 0.717) is 45.0 Å². The second-order valence-corrected chi connectivity index (χ2v) is 10.1. The number of rotatable bonds is 6.